The SMILES string of the molecule is O=C1OC(COC(=O)c2ccc(Cl)cc2)CC=C1c1ccc(Br)cc1. The molecule has 2 aromatic carbocycles. The van der Waals surface area contributed by atoms with Gasteiger partial charge in [-0.3, -0.25) is 0 Å². The molecule has 0 amide bonds. The summed E-state index contributed by atoms with van der Waals surface area (Å²) >= 11 is 9.15. The van der Waals surface area contributed by atoms with Crippen molar-refractivity contribution >= 4 is 45.0 Å². The smallest absolute Gasteiger partial charge is 0.338 e. The van der Waals surface area contributed by atoms with Gasteiger partial charge in [-0.25, -0.2) is 9.59 Å². The van der Waals surface area contributed by atoms with Gasteiger partial charge in [0, 0.05) is 15.9 Å². The van der Waals surface area contributed by atoms with Crippen LogP contribution >= 0.6 is 27.5 Å². The van der Waals surface area contributed by atoms with Gasteiger partial charge in [-0.05, 0) is 42.0 Å². The van der Waals surface area contributed by atoms with Gasteiger partial charge in [0.1, 0.15) is 12.7 Å². The molecular weight excluding hydrogens is 408 g/mol. The minimum absolute atomic E-state index is 0.0112. The third kappa shape index (κ3) is 4.50. The van der Waals surface area contributed by atoms with Crippen molar-refractivity contribution in [1.29, 1.82) is 0 Å². The third-order valence-corrected chi connectivity index (χ3v) is 4.49. The Morgan fingerprint density at radius 1 is 1.16 bits per heavy atom. The van der Waals surface area contributed by atoms with E-state index in [0.29, 0.717) is 22.6 Å². The summed E-state index contributed by atoms with van der Waals surface area (Å²) in [5.41, 5.74) is 1.72. The Labute approximate surface area is 158 Å². The average Bonchev–Trinajstić information content (AvgIpc) is 2.61. The van der Waals surface area contributed by atoms with Gasteiger partial charge in [0.05, 0.1) is 11.1 Å². The molecule has 1 aliphatic heterocycles. The van der Waals surface area contributed by atoms with Crippen molar-refractivity contribution in [2.75, 3.05) is 6.61 Å². The maximum absolute atomic E-state index is 12.2. The van der Waals surface area contributed by atoms with Crippen molar-refractivity contribution in [3.05, 3.63) is 75.2 Å². The van der Waals surface area contributed by atoms with E-state index in [1.807, 2.05) is 30.3 Å². The molecule has 6 heteroatoms. The summed E-state index contributed by atoms with van der Waals surface area (Å²) in [5.74, 6) is -0.892. The molecule has 1 heterocycles. The van der Waals surface area contributed by atoms with Crippen LogP contribution in [-0.2, 0) is 14.3 Å². The molecule has 0 fully saturated rings. The molecule has 2 aromatic rings. The van der Waals surface area contributed by atoms with E-state index in [1.54, 1.807) is 24.3 Å². The quantitative estimate of drug-likeness (QED) is 0.674. The molecule has 0 aliphatic carbocycles. The van der Waals surface area contributed by atoms with E-state index in [4.69, 9.17) is 21.1 Å². The molecule has 0 saturated carbocycles. The number of ether oxygens (including phenoxy) is 2. The number of carbonyl (C=O) groups excluding carboxylic acids is 2. The highest BCUT2D eigenvalue weighted by Crippen LogP contribution is 2.25. The predicted molar refractivity (Wildman–Crippen MR) is 98.4 cm³/mol. The second kappa shape index (κ2) is 7.85. The Morgan fingerprint density at radius 2 is 1.84 bits per heavy atom. The van der Waals surface area contributed by atoms with Crippen LogP contribution in [0.5, 0.6) is 0 Å². The molecular formula is C19H14BrClO4. The molecule has 1 unspecified atom stereocenters. The van der Waals surface area contributed by atoms with Crippen molar-refractivity contribution in [3.63, 3.8) is 0 Å². The van der Waals surface area contributed by atoms with Crippen molar-refractivity contribution in [1.82, 2.24) is 0 Å². The molecule has 4 nitrogen and oxygen atoms in total. The number of hydrogen-bond acceptors (Lipinski definition) is 4. The molecule has 0 N–H and O–H groups in total. The fraction of sp³-hybridized carbons (Fsp3) is 0.158. The molecule has 128 valence electrons. The number of carbonyl (C=O) groups is 2. The highest BCUT2D eigenvalue weighted by molar-refractivity contribution is 9.10. The molecule has 0 aromatic heterocycles. The second-order valence-electron chi connectivity index (χ2n) is 5.49. The number of esters is 2. The highest BCUT2D eigenvalue weighted by atomic mass is 79.9. The number of benzene rings is 2. The lowest BCUT2D eigenvalue weighted by Gasteiger charge is -2.22. The molecule has 1 aliphatic rings. The molecule has 0 bridgehead atoms. The Morgan fingerprint density at radius 3 is 2.48 bits per heavy atom. The van der Waals surface area contributed by atoms with Crippen molar-refractivity contribution in [2.45, 2.75) is 12.5 Å². The molecule has 0 spiro atoms. The lowest BCUT2D eigenvalue weighted by Crippen LogP contribution is -2.28. The van der Waals surface area contributed by atoms with E-state index in [0.717, 1.165) is 10.0 Å². The summed E-state index contributed by atoms with van der Waals surface area (Å²) < 4.78 is 11.5. The molecule has 1 atom stereocenters. The minimum atomic E-state index is -0.483. The van der Waals surface area contributed by atoms with Crippen LogP contribution in [0.1, 0.15) is 22.3 Å². The molecule has 25 heavy (non-hydrogen) atoms. The average molecular weight is 422 g/mol. The van der Waals surface area contributed by atoms with E-state index in [2.05, 4.69) is 15.9 Å². The first-order valence-electron chi connectivity index (χ1n) is 7.62. The van der Waals surface area contributed by atoms with Crippen molar-refractivity contribution in [2.24, 2.45) is 0 Å². The first-order chi connectivity index (χ1) is 12.0. The van der Waals surface area contributed by atoms with Crippen LogP contribution in [-0.4, -0.2) is 24.6 Å². The number of cyclic esters (lactones) is 1. The highest BCUT2D eigenvalue weighted by Gasteiger charge is 2.25. The van der Waals surface area contributed by atoms with Gasteiger partial charge >= 0.3 is 11.9 Å². The largest absolute Gasteiger partial charge is 0.458 e. The lowest BCUT2D eigenvalue weighted by molar-refractivity contribution is -0.144. The van der Waals surface area contributed by atoms with Gasteiger partial charge in [0.25, 0.3) is 0 Å². The summed E-state index contributed by atoms with van der Waals surface area (Å²) in [4.78, 5) is 24.2. The zero-order valence-electron chi connectivity index (χ0n) is 13.1. The topological polar surface area (TPSA) is 52.6 Å². The van der Waals surface area contributed by atoms with Gasteiger partial charge in [0.15, 0.2) is 0 Å². The zero-order chi connectivity index (χ0) is 17.8. The Kier molecular flexibility index (Phi) is 5.56. The fourth-order valence-corrected chi connectivity index (χ4v) is 2.79. The van der Waals surface area contributed by atoms with Crippen LogP contribution in [0.3, 0.4) is 0 Å². The minimum Gasteiger partial charge on any atom is -0.458 e. The Balaban J connectivity index is 1.59. The summed E-state index contributed by atoms with van der Waals surface area (Å²) in [6.07, 6.45) is 1.82. The van der Waals surface area contributed by atoms with Crippen LogP contribution in [0.2, 0.25) is 5.02 Å². The standard InChI is InChI=1S/C19H14BrClO4/c20-14-5-1-12(2-6-14)17-10-9-16(25-19(17)23)11-24-18(22)13-3-7-15(21)8-4-13/h1-8,10,16H,9,11H2. The van der Waals surface area contributed by atoms with Crippen LogP contribution < -0.4 is 0 Å². The number of halogens is 2. The van der Waals surface area contributed by atoms with E-state index < -0.39 is 18.0 Å². The monoisotopic (exact) mass is 420 g/mol. The van der Waals surface area contributed by atoms with Gasteiger partial charge in [0.2, 0.25) is 0 Å². The molecule has 0 radical (unpaired) electrons. The molecule has 0 saturated heterocycles. The summed E-state index contributed by atoms with van der Waals surface area (Å²) in [6, 6.07) is 13.8. The summed E-state index contributed by atoms with van der Waals surface area (Å²) in [6.45, 7) is 0.0112. The van der Waals surface area contributed by atoms with Crippen LogP contribution in [0, 0.1) is 0 Å². The second-order valence-corrected chi connectivity index (χ2v) is 6.85. The van der Waals surface area contributed by atoms with Crippen LogP contribution in [0.15, 0.2) is 59.1 Å². The fourth-order valence-electron chi connectivity index (χ4n) is 2.40. The van der Waals surface area contributed by atoms with Crippen LogP contribution in [0.4, 0.5) is 0 Å². The first-order valence-corrected chi connectivity index (χ1v) is 8.80. The van der Waals surface area contributed by atoms with Crippen molar-refractivity contribution in [3.8, 4) is 0 Å². The van der Waals surface area contributed by atoms with E-state index >= 15 is 0 Å². The van der Waals surface area contributed by atoms with Gasteiger partial charge in [-0.15, -0.1) is 0 Å². The summed E-state index contributed by atoms with van der Waals surface area (Å²) in [5, 5.41) is 0.545. The maximum Gasteiger partial charge on any atom is 0.338 e. The number of rotatable bonds is 4. The van der Waals surface area contributed by atoms with E-state index in [-0.39, 0.29) is 6.61 Å². The Hall–Kier alpha value is -2.11. The maximum atomic E-state index is 12.2. The third-order valence-electron chi connectivity index (χ3n) is 3.71. The van der Waals surface area contributed by atoms with Gasteiger partial charge in [-0.1, -0.05) is 45.7 Å². The Bertz CT molecular complexity index is 812. The van der Waals surface area contributed by atoms with E-state index in [1.165, 1.54) is 0 Å². The summed E-state index contributed by atoms with van der Waals surface area (Å²) in [7, 11) is 0. The van der Waals surface area contributed by atoms with Gasteiger partial charge in [-0.2, -0.15) is 0 Å². The normalized spacial score (nSPS) is 16.8. The van der Waals surface area contributed by atoms with Crippen molar-refractivity contribution < 1.29 is 19.1 Å². The van der Waals surface area contributed by atoms with E-state index in [9.17, 15) is 9.59 Å². The van der Waals surface area contributed by atoms with Crippen LogP contribution in [0.25, 0.3) is 5.57 Å². The number of hydrogen-bond donors (Lipinski definition) is 0. The molecule has 3 rings (SSSR count). The predicted octanol–water partition coefficient (Wildman–Crippen LogP) is 4.66. The van der Waals surface area contributed by atoms with Gasteiger partial charge < -0.3 is 9.47 Å². The zero-order valence-corrected chi connectivity index (χ0v) is 15.4. The lowest BCUT2D eigenvalue weighted by atomic mass is 10.0. The first kappa shape index (κ1) is 17.7.